The standard InChI is InChI=1S/C21H26N4O2S/c1-21(2,3)17-13-25-19(22-17)28-20(23-25)24-11-9-15(10-12-24)18(26)14-5-7-16(27-4)8-6-14/h5-8,13,15H,9-12H2,1-4H3. The summed E-state index contributed by atoms with van der Waals surface area (Å²) >= 11 is 1.62. The fourth-order valence-electron chi connectivity index (χ4n) is 3.50. The Kier molecular flexibility index (Phi) is 4.87. The Hall–Kier alpha value is -2.41. The molecule has 1 aliphatic heterocycles. The number of aromatic nitrogens is 3. The number of fused-ring (bicyclic) bond motifs is 1. The van der Waals surface area contributed by atoms with Crippen LogP contribution < -0.4 is 9.64 Å². The molecule has 0 aliphatic carbocycles. The fourth-order valence-corrected chi connectivity index (χ4v) is 4.44. The molecule has 0 spiro atoms. The van der Waals surface area contributed by atoms with E-state index in [0.717, 1.165) is 53.0 Å². The van der Waals surface area contributed by atoms with Gasteiger partial charge in [-0.3, -0.25) is 4.79 Å². The minimum atomic E-state index is 0.0216. The molecule has 0 amide bonds. The molecule has 0 saturated carbocycles. The maximum absolute atomic E-state index is 12.8. The number of carbonyl (C=O) groups is 1. The zero-order valence-electron chi connectivity index (χ0n) is 16.8. The van der Waals surface area contributed by atoms with Gasteiger partial charge in [-0.05, 0) is 37.1 Å². The molecule has 1 fully saturated rings. The topological polar surface area (TPSA) is 59.7 Å². The van der Waals surface area contributed by atoms with Crippen molar-refractivity contribution in [3.63, 3.8) is 0 Å². The molecule has 0 bridgehead atoms. The highest BCUT2D eigenvalue weighted by molar-refractivity contribution is 7.20. The van der Waals surface area contributed by atoms with Crippen molar-refractivity contribution in [1.29, 1.82) is 0 Å². The van der Waals surface area contributed by atoms with Gasteiger partial charge in [-0.1, -0.05) is 32.1 Å². The second kappa shape index (κ2) is 7.20. The van der Waals surface area contributed by atoms with E-state index in [1.54, 1.807) is 18.4 Å². The molecule has 148 valence electrons. The van der Waals surface area contributed by atoms with Crippen LogP contribution in [0.1, 0.15) is 49.7 Å². The number of benzene rings is 1. The van der Waals surface area contributed by atoms with Crippen molar-refractivity contribution in [2.75, 3.05) is 25.1 Å². The highest BCUT2D eigenvalue weighted by Gasteiger charge is 2.28. The average Bonchev–Trinajstić information content (AvgIpc) is 3.27. The second-order valence-corrected chi connectivity index (χ2v) is 9.28. The van der Waals surface area contributed by atoms with Crippen molar-refractivity contribution in [1.82, 2.24) is 14.6 Å². The third kappa shape index (κ3) is 3.63. The molecule has 0 unspecified atom stereocenters. The molecule has 1 saturated heterocycles. The smallest absolute Gasteiger partial charge is 0.214 e. The molecule has 0 atom stereocenters. The Balaban J connectivity index is 1.41. The number of anilines is 1. The van der Waals surface area contributed by atoms with Gasteiger partial charge < -0.3 is 9.64 Å². The van der Waals surface area contributed by atoms with E-state index in [1.807, 2.05) is 35.0 Å². The molecular weight excluding hydrogens is 372 g/mol. The van der Waals surface area contributed by atoms with E-state index in [9.17, 15) is 4.79 Å². The first-order valence-corrected chi connectivity index (χ1v) is 10.5. The van der Waals surface area contributed by atoms with Crippen LogP contribution in [0.3, 0.4) is 0 Å². The maximum atomic E-state index is 12.8. The number of rotatable bonds is 4. The first-order valence-electron chi connectivity index (χ1n) is 9.65. The van der Waals surface area contributed by atoms with Crippen molar-refractivity contribution >= 4 is 27.2 Å². The molecular formula is C21H26N4O2S. The van der Waals surface area contributed by atoms with E-state index < -0.39 is 0 Å². The number of methoxy groups -OCH3 is 1. The summed E-state index contributed by atoms with van der Waals surface area (Å²) < 4.78 is 7.05. The number of piperidine rings is 1. The number of ether oxygens (including phenoxy) is 1. The minimum Gasteiger partial charge on any atom is -0.497 e. The molecule has 0 radical (unpaired) electrons. The summed E-state index contributed by atoms with van der Waals surface area (Å²) in [6, 6.07) is 7.41. The molecule has 0 N–H and O–H groups in total. The number of nitrogens with zero attached hydrogens (tertiary/aromatic N) is 4. The van der Waals surface area contributed by atoms with Crippen molar-refractivity contribution in [3.8, 4) is 5.75 Å². The highest BCUT2D eigenvalue weighted by Crippen LogP contribution is 2.31. The summed E-state index contributed by atoms with van der Waals surface area (Å²) in [7, 11) is 1.63. The van der Waals surface area contributed by atoms with Gasteiger partial charge in [0.25, 0.3) is 0 Å². The summed E-state index contributed by atoms with van der Waals surface area (Å²) in [6.45, 7) is 8.16. The Bertz CT molecular complexity index is 945. The van der Waals surface area contributed by atoms with E-state index >= 15 is 0 Å². The zero-order valence-corrected chi connectivity index (χ0v) is 17.6. The highest BCUT2D eigenvalue weighted by atomic mass is 32.1. The Morgan fingerprint density at radius 1 is 1.18 bits per heavy atom. The van der Waals surface area contributed by atoms with Gasteiger partial charge in [0.2, 0.25) is 10.1 Å². The average molecular weight is 399 g/mol. The summed E-state index contributed by atoms with van der Waals surface area (Å²) in [6.07, 6.45) is 3.72. The van der Waals surface area contributed by atoms with Crippen LogP contribution in [0.5, 0.6) is 5.75 Å². The van der Waals surface area contributed by atoms with Gasteiger partial charge in [0.05, 0.1) is 19.0 Å². The van der Waals surface area contributed by atoms with Gasteiger partial charge in [-0.2, -0.15) is 0 Å². The van der Waals surface area contributed by atoms with Crippen molar-refractivity contribution in [2.45, 2.75) is 39.0 Å². The molecule has 28 heavy (non-hydrogen) atoms. The van der Waals surface area contributed by atoms with Crippen molar-refractivity contribution in [3.05, 3.63) is 41.7 Å². The van der Waals surface area contributed by atoms with Crippen LogP contribution >= 0.6 is 11.3 Å². The molecule has 6 nitrogen and oxygen atoms in total. The predicted octanol–water partition coefficient (Wildman–Crippen LogP) is 4.20. The first kappa shape index (κ1) is 18.9. The number of Topliss-reactive ketones (excluding diaryl/α,β-unsaturated/α-hetero) is 1. The minimum absolute atomic E-state index is 0.0216. The van der Waals surface area contributed by atoms with Gasteiger partial charge >= 0.3 is 0 Å². The van der Waals surface area contributed by atoms with Crippen LogP contribution in [0, 0.1) is 5.92 Å². The number of imidazole rings is 1. The maximum Gasteiger partial charge on any atom is 0.214 e. The third-order valence-corrected chi connectivity index (χ3v) is 6.30. The van der Waals surface area contributed by atoms with Crippen LogP contribution in [0.4, 0.5) is 5.13 Å². The molecule has 1 aliphatic rings. The van der Waals surface area contributed by atoms with Crippen LogP contribution in [-0.4, -0.2) is 40.6 Å². The molecule has 7 heteroatoms. The van der Waals surface area contributed by atoms with E-state index in [1.165, 1.54) is 0 Å². The largest absolute Gasteiger partial charge is 0.497 e. The van der Waals surface area contributed by atoms with Gasteiger partial charge in [-0.25, -0.2) is 9.50 Å². The van der Waals surface area contributed by atoms with E-state index in [4.69, 9.17) is 14.8 Å². The van der Waals surface area contributed by atoms with E-state index in [2.05, 4.69) is 25.7 Å². The Morgan fingerprint density at radius 3 is 2.43 bits per heavy atom. The van der Waals surface area contributed by atoms with Crippen molar-refractivity contribution in [2.24, 2.45) is 5.92 Å². The lowest BCUT2D eigenvalue weighted by molar-refractivity contribution is 0.0900. The van der Waals surface area contributed by atoms with Gasteiger partial charge in [0.15, 0.2) is 5.78 Å². The number of ketones is 1. The lowest BCUT2D eigenvalue weighted by atomic mass is 9.89. The number of hydrogen-bond acceptors (Lipinski definition) is 6. The Morgan fingerprint density at radius 2 is 1.86 bits per heavy atom. The summed E-state index contributed by atoms with van der Waals surface area (Å²) in [5.74, 6) is 1.07. The van der Waals surface area contributed by atoms with Crippen LogP contribution in [-0.2, 0) is 5.41 Å². The summed E-state index contributed by atoms with van der Waals surface area (Å²) in [5, 5.41) is 5.70. The van der Waals surface area contributed by atoms with Gasteiger partial charge in [0, 0.05) is 30.0 Å². The lowest BCUT2D eigenvalue weighted by Crippen LogP contribution is -2.36. The number of hydrogen-bond donors (Lipinski definition) is 0. The summed E-state index contributed by atoms with van der Waals surface area (Å²) in [4.78, 5) is 20.7. The zero-order chi connectivity index (χ0) is 19.9. The Labute approximate surface area is 169 Å². The molecule has 3 heterocycles. The summed E-state index contributed by atoms with van der Waals surface area (Å²) in [5.41, 5.74) is 1.84. The van der Waals surface area contributed by atoms with Crippen LogP contribution in [0.15, 0.2) is 30.5 Å². The van der Waals surface area contributed by atoms with Crippen LogP contribution in [0.2, 0.25) is 0 Å². The SMILES string of the molecule is COc1ccc(C(=O)C2CCN(c3nn4cc(C(C)(C)C)nc4s3)CC2)cc1. The quantitative estimate of drug-likeness (QED) is 0.617. The lowest BCUT2D eigenvalue weighted by Gasteiger charge is -2.30. The van der Waals surface area contributed by atoms with Crippen molar-refractivity contribution < 1.29 is 9.53 Å². The van der Waals surface area contributed by atoms with Gasteiger partial charge in [0.1, 0.15) is 5.75 Å². The van der Waals surface area contributed by atoms with E-state index in [-0.39, 0.29) is 17.1 Å². The van der Waals surface area contributed by atoms with Gasteiger partial charge in [-0.15, -0.1) is 5.10 Å². The van der Waals surface area contributed by atoms with E-state index in [0.29, 0.717) is 0 Å². The molecule has 3 aromatic rings. The monoisotopic (exact) mass is 398 g/mol. The molecule has 2 aromatic heterocycles. The third-order valence-electron chi connectivity index (χ3n) is 5.31. The normalized spacial score (nSPS) is 15.9. The fraction of sp³-hybridized carbons (Fsp3) is 0.476. The number of carbonyl (C=O) groups excluding carboxylic acids is 1. The first-order chi connectivity index (χ1) is 13.3. The van der Waals surface area contributed by atoms with Crippen LogP contribution in [0.25, 0.3) is 4.96 Å². The predicted molar refractivity (Wildman–Crippen MR) is 112 cm³/mol. The molecule has 1 aromatic carbocycles. The molecule has 4 rings (SSSR count). The second-order valence-electron chi connectivity index (χ2n) is 8.34.